The van der Waals surface area contributed by atoms with Crippen molar-refractivity contribution in [3.05, 3.63) is 65.1 Å². The van der Waals surface area contributed by atoms with E-state index >= 15 is 0 Å². The van der Waals surface area contributed by atoms with Gasteiger partial charge in [-0.25, -0.2) is 0 Å². The number of aliphatic hydroxyl groups excluding tert-OH is 1. The lowest BCUT2D eigenvalue weighted by molar-refractivity contribution is -0.104. The van der Waals surface area contributed by atoms with Crippen molar-refractivity contribution in [2.45, 2.75) is 0 Å². The van der Waals surface area contributed by atoms with Crippen LogP contribution in [0.5, 0.6) is 0 Å². The summed E-state index contributed by atoms with van der Waals surface area (Å²) >= 11 is 1.11. The molecule has 5 nitrogen and oxygen atoms in total. The van der Waals surface area contributed by atoms with E-state index in [9.17, 15) is 4.79 Å². The first-order chi connectivity index (χ1) is 12.1. The van der Waals surface area contributed by atoms with Crippen molar-refractivity contribution in [1.82, 2.24) is 0 Å². The number of allylic oxidation sites excluding steroid dienone is 1. The Morgan fingerprint density at radius 1 is 1.20 bits per heavy atom. The first-order valence-corrected chi connectivity index (χ1v) is 8.62. The zero-order valence-electron chi connectivity index (χ0n) is 14.0. The normalized spacial score (nSPS) is 11.0. The van der Waals surface area contributed by atoms with E-state index in [0.29, 0.717) is 11.4 Å². The van der Waals surface area contributed by atoms with Gasteiger partial charge >= 0.3 is 0 Å². The summed E-state index contributed by atoms with van der Waals surface area (Å²) < 4.78 is 0. The predicted molar refractivity (Wildman–Crippen MR) is 106 cm³/mol. The number of carbonyl (C=O) groups is 1. The van der Waals surface area contributed by atoms with Crippen LogP contribution < -0.4 is 10.2 Å². The molecule has 2 aromatic rings. The molecule has 2 aromatic carbocycles. The van der Waals surface area contributed by atoms with Crippen molar-refractivity contribution in [2.75, 3.05) is 30.4 Å². The minimum atomic E-state index is 0.0740. The second-order valence-electron chi connectivity index (χ2n) is 5.24. The highest BCUT2D eigenvalue weighted by atomic mass is 32.2. The van der Waals surface area contributed by atoms with E-state index in [4.69, 9.17) is 10.5 Å². The van der Waals surface area contributed by atoms with Crippen molar-refractivity contribution in [1.29, 1.82) is 5.41 Å². The number of para-hydroxylation sites is 1. The fourth-order valence-electron chi connectivity index (χ4n) is 2.10. The first-order valence-electron chi connectivity index (χ1n) is 7.81. The van der Waals surface area contributed by atoms with Crippen molar-refractivity contribution in [3.8, 4) is 0 Å². The van der Waals surface area contributed by atoms with Gasteiger partial charge in [-0.15, -0.1) is 0 Å². The molecule has 0 heterocycles. The highest BCUT2D eigenvalue weighted by Gasteiger charge is 2.10. The first kappa shape index (κ1) is 18.8. The van der Waals surface area contributed by atoms with E-state index in [2.05, 4.69) is 5.32 Å². The molecule has 0 bridgehead atoms. The van der Waals surface area contributed by atoms with Gasteiger partial charge in [0, 0.05) is 25.0 Å². The Morgan fingerprint density at radius 2 is 1.88 bits per heavy atom. The van der Waals surface area contributed by atoms with Crippen LogP contribution in [0.4, 0.5) is 11.4 Å². The summed E-state index contributed by atoms with van der Waals surface area (Å²) in [6, 6.07) is 17.1. The molecule has 0 aliphatic rings. The van der Waals surface area contributed by atoms with Gasteiger partial charge in [-0.3, -0.25) is 10.2 Å². The van der Waals surface area contributed by atoms with E-state index in [-0.39, 0.29) is 11.8 Å². The lowest BCUT2D eigenvalue weighted by Gasteiger charge is -2.19. The quantitative estimate of drug-likeness (QED) is 0.307. The fraction of sp³-hybridized carbons (Fsp3) is 0.158. The number of rotatable bonds is 7. The van der Waals surface area contributed by atoms with Gasteiger partial charge in [0.15, 0.2) is 11.5 Å². The Morgan fingerprint density at radius 3 is 2.48 bits per heavy atom. The van der Waals surface area contributed by atoms with Gasteiger partial charge < -0.3 is 15.3 Å². The number of hydrogen-bond donors (Lipinski definition) is 3. The second kappa shape index (κ2) is 9.66. The van der Waals surface area contributed by atoms with Crippen LogP contribution in [0.3, 0.4) is 0 Å². The maximum atomic E-state index is 11.4. The summed E-state index contributed by atoms with van der Waals surface area (Å²) in [5, 5.41) is 20.3. The number of aldehydes is 1. The number of carbonyl (C=O) groups excluding carboxylic acids is 1. The van der Waals surface area contributed by atoms with Crippen LogP contribution in [-0.4, -0.2) is 36.8 Å². The van der Waals surface area contributed by atoms with E-state index in [1.807, 2.05) is 54.6 Å². The van der Waals surface area contributed by atoms with Crippen molar-refractivity contribution < 1.29 is 9.90 Å². The summed E-state index contributed by atoms with van der Waals surface area (Å²) in [7, 11) is 1.80. The molecule has 3 N–H and O–H groups in total. The Hall–Kier alpha value is -2.57. The molecule has 0 aliphatic carbocycles. The Balaban J connectivity index is 2.04. The molecule has 130 valence electrons. The molecule has 0 atom stereocenters. The van der Waals surface area contributed by atoms with Crippen molar-refractivity contribution in [3.63, 3.8) is 0 Å². The number of nitrogens with one attached hydrogen (secondary N) is 2. The standard InChI is InChI=1S/C19H21N3O2S/c1-22(17-5-3-2-4-6-17)19(20)25-18(14-24)13-15-7-9-16(10-8-15)21-11-12-23/h2-10,13-14,20-21,23H,11-12H2,1H3/b18-13+,20-19?. The van der Waals surface area contributed by atoms with Crippen LogP contribution >= 0.6 is 11.8 Å². The number of amidine groups is 1. The molecule has 0 aliphatic heterocycles. The van der Waals surface area contributed by atoms with E-state index in [1.54, 1.807) is 18.0 Å². The molecule has 0 radical (unpaired) electrons. The average Bonchev–Trinajstić information content (AvgIpc) is 2.66. The van der Waals surface area contributed by atoms with Gasteiger partial charge in [-0.05, 0) is 47.7 Å². The molecule has 0 aromatic heterocycles. The van der Waals surface area contributed by atoms with Crippen LogP contribution in [-0.2, 0) is 4.79 Å². The summed E-state index contributed by atoms with van der Waals surface area (Å²) in [6.07, 6.45) is 2.51. The van der Waals surface area contributed by atoms with Crippen LogP contribution in [0.1, 0.15) is 5.56 Å². The summed E-state index contributed by atoms with van der Waals surface area (Å²) in [5.74, 6) is 0. The predicted octanol–water partition coefficient (Wildman–Crippen LogP) is 3.43. The lowest BCUT2D eigenvalue weighted by atomic mass is 10.2. The number of hydrogen-bond acceptors (Lipinski definition) is 5. The monoisotopic (exact) mass is 355 g/mol. The SMILES string of the molecule is CN(C(=N)S/C(C=O)=C/c1ccc(NCCO)cc1)c1ccccc1. The van der Waals surface area contributed by atoms with Crippen molar-refractivity contribution >= 4 is 40.7 Å². The zero-order valence-corrected chi connectivity index (χ0v) is 14.8. The second-order valence-corrected chi connectivity index (χ2v) is 6.30. The van der Waals surface area contributed by atoms with Gasteiger partial charge in [0.1, 0.15) is 0 Å². The maximum Gasteiger partial charge on any atom is 0.165 e. The maximum absolute atomic E-state index is 11.4. The molecule has 0 unspecified atom stereocenters. The molecule has 0 spiro atoms. The van der Waals surface area contributed by atoms with Crippen LogP contribution in [0.15, 0.2) is 59.5 Å². The zero-order chi connectivity index (χ0) is 18.1. The highest BCUT2D eigenvalue weighted by molar-refractivity contribution is 8.18. The molecule has 0 fully saturated rings. The minimum Gasteiger partial charge on any atom is -0.395 e. The van der Waals surface area contributed by atoms with Crippen LogP contribution in [0.2, 0.25) is 0 Å². The lowest BCUT2D eigenvalue weighted by Crippen LogP contribution is -2.22. The van der Waals surface area contributed by atoms with Gasteiger partial charge in [-0.1, -0.05) is 30.3 Å². The van der Waals surface area contributed by atoms with Crippen molar-refractivity contribution in [2.24, 2.45) is 0 Å². The van der Waals surface area contributed by atoms with Crippen LogP contribution in [0, 0.1) is 5.41 Å². The minimum absolute atomic E-state index is 0.0740. The van der Waals surface area contributed by atoms with Gasteiger partial charge in [0.05, 0.1) is 11.5 Å². The molecule has 0 saturated carbocycles. The van der Waals surface area contributed by atoms with E-state index < -0.39 is 0 Å². The number of anilines is 2. The molecular weight excluding hydrogens is 334 g/mol. The largest absolute Gasteiger partial charge is 0.395 e. The third kappa shape index (κ3) is 5.77. The summed E-state index contributed by atoms with van der Waals surface area (Å²) in [6.45, 7) is 0.568. The van der Waals surface area contributed by atoms with Gasteiger partial charge in [0.2, 0.25) is 0 Å². The summed E-state index contributed by atoms with van der Waals surface area (Å²) in [5.41, 5.74) is 2.67. The Bertz CT molecular complexity index is 730. The topological polar surface area (TPSA) is 76.4 Å². The third-order valence-electron chi connectivity index (χ3n) is 3.44. The molecule has 6 heteroatoms. The smallest absolute Gasteiger partial charge is 0.165 e. The average molecular weight is 355 g/mol. The molecular formula is C19H21N3O2S. The molecule has 0 amide bonds. The van der Waals surface area contributed by atoms with Crippen LogP contribution in [0.25, 0.3) is 6.08 Å². The van der Waals surface area contributed by atoms with Gasteiger partial charge in [-0.2, -0.15) is 0 Å². The van der Waals surface area contributed by atoms with E-state index in [0.717, 1.165) is 35.0 Å². The summed E-state index contributed by atoms with van der Waals surface area (Å²) in [4.78, 5) is 13.6. The van der Waals surface area contributed by atoms with Gasteiger partial charge in [0.25, 0.3) is 0 Å². The Labute approximate surface area is 151 Å². The third-order valence-corrected chi connectivity index (χ3v) is 4.36. The number of benzene rings is 2. The Kier molecular flexibility index (Phi) is 7.25. The number of thioether (sulfide) groups is 1. The number of nitrogens with zero attached hydrogens (tertiary/aromatic N) is 1. The fourth-order valence-corrected chi connectivity index (χ4v) is 2.81. The highest BCUT2D eigenvalue weighted by Crippen LogP contribution is 2.23. The molecule has 25 heavy (non-hydrogen) atoms. The molecule has 2 rings (SSSR count). The number of aliphatic hydroxyl groups is 1. The van der Waals surface area contributed by atoms with E-state index in [1.165, 1.54) is 0 Å². The molecule has 0 saturated heterocycles.